The van der Waals surface area contributed by atoms with E-state index in [1.54, 1.807) is 30.2 Å². The Morgan fingerprint density at radius 1 is 0.949 bits per heavy atom. The SMILES string of the molecule is COc1ccc(OCCCC(=O)N(Cc2ccc(Cl)cc2Cl)[C@@H](Cc2ccccc2)C(=O)NCC(C)C)cc1. The van der Waals surface area contributed by atoms with Crippen molar-refractivity contribution in [3.05, 3.63) is 94.0 Å². The van der Waals surface area contributed by atoms with Gasteiger partial charge in [-0.25, -0.2) is 0 Å². The summed E-state index contributed by atoms with van der Waals surface area (Å²) in [6.45, 7) is 5.12. The molecule has 208 valence electrons. The average Bonchev–Trinajstić information content (AvgIpc) is 2.93. The Morgan fingerprint density at radius 3 is 2.28 bits per heavy atom. The van der Waals surface area contributed by atoms with Crippen LogP contribution in [0.15, 0.2) is 72.8 Å². The Bertz CT molecular complexity index is 1200. The number of amides is 2. The van der Waals surface area contributed by atoms with Gasteiger partial charge >= 0.3 is 0 Å². The number of rotatable bonds is 14. The number of ether oxygens (including phenoxy) is 2. The van der Waals surface area contributed by atoms with Crippen molar-refractivity contribution in [2.75, 3.05) is 20.3 Å². The molecule has 0 saturated carbocycles. The Morgan fingerprint density at radius 2 is 1.64 bits per heavy atom. The highest BCUT2D eigenvalue weighted by Gasteiger charge is 2.30. The molecule has 1 N–H and O–H groups in total. The molecule has 0 aliphatic rings. The second kappa shape index (κ2) is 15.4. The second-order valence-electron chi connectivity index (χ2n) is 9.73. The molecule has 3 aromatic carbocycles. The molecule has 39 heavy (non-hydrogen) atoms. The maximum atomic E-state index is 13.7. The molecule has 0 spiro atoms. The highest BCUT2D eigenvalue weighted by atomic mass is 35.5. The summed E-state index contributed by atoms with van der Waals surface area (Å²) in [5.74, 6) is 1.37. The molecule has 1 atom stereocenters. The fraction of sp³-hybridized carbons (Fsp3) is 0.355. The lowest BCUT2D eigenvalue weighted by atomic mass is 10.0. The first-order chi connectivity index (χ1) is 18.8. The largest absolute Gasteiger partial charge is 0.497 e. The molecule has 6 nitrogen and oxygen atoms in total. The molecule has 0 unspecified atom stereocenters. The van der Waals surface area contributed by atoms with Crippen molar-refractivity contribution < 1.29 is 19.1 Å². The van der Waals surface area contributed by atoms with Gasteiger partial charge in [0.1, 0.15) is 17.5 Å². The third-order valence-corrected chi connectivity index (χ3v) is 6.76. The lowest BCUT2D eigenvalue weighted by Crippen LogP contribution is -2.51. The van der Waals surface area contributed by atoms with E-state index in [1.807, 2.05) is 68.4 Å². The zero-order valence-corrected chi connectivity index (χ0v) is 24.2. The van der Waals surface area contributed by atoms with E-state index < -0.39 is 6.04 Å². The molecular formula is C31H36Cl2N2O4. The first-order valence-corrected chi connectivity index (χ1v) is 13.8. The van der Waals surface area contributed by atoms with E-state index >= 15 is 0 Å². The molecule has 0 fully saturated rings. The number of nitrogens with zero attached hydrogens (tertiary/aromatic N) is 1. The lowest BCUT2D eigenvalue weighted by molar-refractivity contribution is -0.141. The van der Waals surface area contributed by atoms with Gasteiger partial charge in [0.2, 0.25) is 11.8 Å². The standard InChI is InChI=1S/C31H36Cl2N2O4/c1-22(2)20-34-31(37)29(18-23-8-5-4-6-9-23)35(21-24-11-12-25(32)19-28(24)33)30(36)10-7-17-39-27-15-13-26(38-3)14-16-27/h4-6,8-9,11-16,19,22,29H,7,10,17-18,20-21H2,1-3H3,(H,34,37)/t29-/m0/s1. The van der Waals surface area contributed by atoms with Gasteiger partial charge in [-0.2, -0.15) is 0 Å². The average molecular weight is 572 g/mol. The number of hydrogen-bond donors (Lipinski definition) is 1. The van der Waals surface area contributed by atoms with Crippen LogP contribution in [0.3, 0.4) is 0 Å². The minimum atomic E-state index is -0.715. The highest BCUT2D eigenvalue weighted by Crippen LogP contribution is 2.25. The Labute approximate surface area is 241 Å². The van der Waals surface area contributed by atoms with E-state index in [4.69, 9.17) is 32.7 Å². The molecule has 2 amide bonds. The Balaban J connectivity index is 1.80. The van der Waals surface area contributed by atoms with E-state index in [2.05, 4.69) is 5.32 Å². The van der Waals surface area contributed by atoms with Gasteiger partial charge < -0.3 is 19.7 Å². The van der Waals surface area contributed by atoms with Gasteiger partial charge in [-0.3, -0.25) is 9.59 Å². The van der Waals surface area contributed by atoms with Crippen molar-refractivity contribution in [3.8, 4) is 11.5 Å². The van der Waals surface area contributed by atoms with E-state index in [1.165, 1.54) is 0 Å². The van der Waals surface area contributed by atoms with Crippen LogP contribution >= 0.6 is 23.2 Å². The van der Waals surface area contributed by atoms with Gasteiger partial charge in [-0.15, -0.1) is 0 Å². The first kappa shape index (κ1) is 30.3. The van der Waals surface area contributed by atoms with Crippen LogP contribution in [0.4, 0.5) is 0 Å². The topological polar surface area (TPSA) is 67.9 Å². The fourth-order valence-corrected chi connectivity index (χ4v) is 4.51. The predicted molar refractivity (Wildman–Crippen MR) is 157 cm³/mol. The number of hydrogen-bond acceptors (Lipinski definition) is 4. The van der Waals surface area contributed by atoms with Crippen LogP contribution in [0.2, 0.25) is 10.0 Å². The molecule has 0 radical (unpaired) electrons. The van der Waals surface area contributed by atoms with Gasteiger partial charge in [0, 0.05) is 36.0 Å². The molecule has 0 bridgehead atoms. The maximum absolute atomic E-state index is 13.7. The van der Waals surface area contributed by atoms with E-state index in [0.29, 0.717) is 41.8 Å². The number of carbonyl (C=O) groups is 2. The van der Waals surface area contributed by atoms with Crippen LogP contribution in [0.25, 0.3) is 0 Å². The minimum Gasteiger partial charge on any atom is -0.497 e. The number of benzene rings is 3. The van der Waals surface area contributed by atoms with Crippen LogP contribution in [0.1, 0.15) is 37.8 Å². The number of halogens is 2. The number of methoxy groups -OCH3 is 1. The summed E-state index contributed by atoms with van der Waals surface area (Å²) in [6, 6.07) is 21.5. The van der Waals surface area contributed by atoms with Crippen molar-refractivity contribution in [3.63, 3.8) is 0 Å². The Kier molecular flexibility index (Phi) is 12.0. The first-order valence-electron chi connectivity index (χ1n) is 13.1. The van der Waals surface area contributed by atoms with Gasteiger partial charge in [0.25, 0.3) is 0 Å². The van der Waals surface area contributed by atoms with Crippen LogP contribution in [-0.2, 0) is 22.6 Å². The number of nitrogens with one attached hydrogen (secondary N) is 1. The molecule has 0 aliphatic heterocycles. The van der Waals surface area contributed by atoms with Gasteiger partial charge in [0.05, 0.1) is 13.7 Å². The van der Waals surface area contributed by atoms with E-state index in [9.17, 15) is 9.59 Å². The zero-order valence-electron chi connectivity index (χ0n) is 22.7. The van der Waals surface area contributed by atoms with Crippen LogP contribution in [0.5, 0.6) is 11.5 Å². The van der Waals surface area contributed by atoms with Crippen molar-refractivity contribution in [1.82, 2.24) is 10.2 Å². The molecule has 0 heterocycles. The summed E-state index contributed by atoms with van der Waals surface area (Å²) in [6.07, 6.45) is 1.08. The van der Waals surface area contributed by atoms with Crippen LogP contribution < -0.4 is 14.8 Å². The molecule has 3 rings (SSSR count). The van der Waals surface area contributed by atoms with Crippen molar-refractivity contribution in [2.45, 2.75) is 45.7 Å². The quantitative estimate of drug-likeness (QED) is 0.222. The second-order valence-corrected chi connectivity index (χ2v) is 10.6. The summed E-state index contributed by atoms with van der Waals surface area (Å²) >= 11 is 12.6. The van der Waals surface area contributed by atoms with Gasteiger partial charge in [-0.05, 0) is 59.9 Å². The minimum absolute atomic E-state index is 0.153. The normalized spacial score (nSPS) is 11.6. The van der Waals surface area contributed by atoms with Gasteiger partial charge in [-0.1, -0.05) is 73.4 Å². The molecule has 8 heteroatoms. The van der Waals surface area contributed by atoms with Crippen molar-refractivity contribution in [1.29, 1.82) is 0 Å². The number of carbonyl (C=O) groups excluding carboxylic acids is 2. The molecule has 0 saturated heterocycles. The summed E-state index contributed by atoms with van der Waals surface area (Å²) in [4.78, 5) is 28.8. The summed E-state index contributed by atoms with van der Waals surface area (Å²) in [5, 5.41) is 3.98. The van der Waals surface area contributed by atoms with Crippen LogP contribution in [0, 0.1) is 5.92 Å². The van der Waals surface area contributed by atoms with E-state index in [0.717, 1.165) is 16.9 Å². The highest BCUT2D eigenvalue weighted by molar-refractivity contribution is 6.35. The lowest BCUT2D eigenvalue weighted by Gasteiger charge is -2.32. The monoisotopic (exact) mass is 570 g/mol. The summed E-state index contributed by atoms with van der Waals surface area (Å²) in [5.41, 5.74) is 1.68. The molecule has 0 aromatic heterocycles. The van der Waals surface area contributed by atoms with E-state index in [-0.39, 0.29) is 30.7 Å². The zero-order chi connectivity index (χ0) is 28.2. The summed E-state index contributed by atoms with van der Waals surface area (Å²) in [7, 11) is 1.61. The molecule has 0 aliphatic carbocycles. The van der Waals surface area contributed by atoms with Crippen LogP contribution in [-0.4, -0.2) is 43.0 Å². The maximum Gasteiger partial charge on any atom is 0.243 e. The Hall–Kier alpha value is -3.22. The fourth-order valence-electron chi connectivity index (χ4n) is 4.04. The van der Waals surface area contributed by atoms with Crippen molar-refractivity contribution >= 4 is 35.0 Å². The third kappa shape index (κ3) is 9.79. The predicted octanol–water partition coefficient (Wildman–Crippen LogP) is 6.57. The van der Waals surface area contributed by atoms with Crippen molar-refractivity contribution in [2.24, 2.45) is 5.92 Å². The molecule has 3 aromatic rings. The smallest absolute Gasteiger partial charge is 0.243 e. The third-order valence-electron chi connectivity index (χ3n) is 6.17. The van der Waals surface area contributed by atoms with Gasteiger partial charge in [0.15, 0.2) is 0 Å². The summed E-state index contributed by atoms with van der Waals surface area (Å²) < 4.78 is 11.0. The molecular weight excluding hydrogens is 535 g/mol.